The maximum Gasteiger partial charge on any atom is 0.0882 e. The van der Waals surface area contributed by atoms with Gasteiger partial charge in [-0.2, -0.15) is 0 Å². The molecule has 1 aromatic heterocycles. The summed E-state index contributed by atoms with van der Waals surface area (Å²) in [6, 6.07) is 4.18. The van der Waals surface area contributed by atoms with Gasteiger partial charge in [0, 0.05) is 6.54 Å². The van der Waals surface area contributed by atoms with E-state index in [1.165, 1.54) is 11.4 Å². The molecule has 2 nitrogen and oxygen atoms in total. The molecule has 12 heavy (non-hydrogen) atoms. The number of hydrogen-bond donors (Lipinski definition) is 1. The van der Waals surface area contributed by atoms with Crippen LogP contribution in [0.4, 0.5) is 5.00 Å². The van der Waals surface area contributed by atoms with Crippen molar-refractivity contribution in [3.63, 3.8) is 0 Å². The highest BCUT2D eigenvalue weighted by Crippen LogP contribution is 2.14. The number of nitrogens with zero attached hydrogens (tertiary/aromatic N) is 1. The lowest BCUT2D eigenvalue weighted by atomic mass is 10.4. The predicted octanol–water partition coefficient (Wildman–Crippen LogP) is 2.11. The number of anilines is 1. The van der Waals surface area contributed by atoms with Crippen LogP contribution in [0.15, 0.2) is 17.5 Å². The third kappa shape index (κ3) is 3.74. The van der Waals surface area contributed by atoms with Crippen molar-refractivity contribution in [2.75, 3.05) is 32.5 Å². The van der Waals surface area contributed by atoms with E-state index in [1.54, 1.807) is 11.3 Å². The summed E-state index contributed by atoms with van der Waals surface area (Å²) in [6.45, 7) is 2.22. The molecule has 0 saturated heterocycles. The molecule has 0 radical (unpaired) electrons. The molecule has 3 heteroatoms. The van der Waals surface area contributed by atoms with Gasteiger partial charge in [-0.25, -0.2) is 0 Å². The minimum atomic E-state index is 1.07. The minimum Gasteiger partial charge on any atom is -0.377 e. The zero-order chi connectivity index (χ0) is 8.81. The molecule has 1 aromatic rings. The van der Waals surface area contributed by atoms with Crippen LogP contribution < -0.4 is 5.32 Å². The van der Waals surface area contributed by atoms with E-state index in [4.69, 9.17) is 0 Å². The average molecular weight is 184 g/mol. The summed E-state index contributed by atoms with van der Waals surface area (Å²) in [5, 5.41) is 6.74. The lowest BCUT2D eigenvalue weighted by Gasteiger charge is -2.09. The van der Waals surface area contributed by atoms with E-state index in [9.17, 15) is 0 Å². The smallest absolute Gasteiger partial charge is 0.0882 e. The first-order chi connectivity index (χ1) is 5.79. The molecule has 0 amide bonds. The minimum absolute atomic E-state index is 1.07. The van der Waals surface area contributed by atoms with Gasteiger partial charge in [-0.1, -0.05) is 0 Å². The van der Waals surface area contributed by atoms with Crippen molar-refractivity contribution >= 4 is 16.3 Å². The first-order valence-electron chi connectivity index (χ1n) is 4.21. The maximum absolute atomic E-state index is 3.37. The van der Waals surface area contributed by atoms with Gasteiger partial charge in [0.05, 0.1) is 5.00 Å². The molecule has 1 N–H and O–H groups in total. The van der Waals surface area contributed by atoms with Crippen molar-refractivity contribution in [1.29, 1.82) is 0 Å². The SMILES string of the molecule is CN(C)CCCNc1cccs1. The maximum atomic E-state index is 3.37. The Hall–Kier alpha value is -0.540. The third-order valence-corrected chi connectivity index (χ3v) is 2.43. The highest BCUT2D eigenvalue weighted by Gasteiger charge is 1.92. The van der Waals surface area contributed by atoms with Gasteiger partial charge in [-0.05, 0) is 44.6 Å². The summed E-state index contributed by atoms with van der Waals surface area (Å²) >= 11 is 1.76. The topological polar surface area (TPSA) is 15.3 Å². The molecule has 0 aromatic carbocycles. The molecule has 0 aliphatic heterocycles. The first kappa shape index (κ1) is 9.55. The van der Waals surface area contributed by atoms with Crippen LogP contribution in [0.5, 0.6) is 0 Å². The zero-order valence-electron chi connectivity index (χ0n) is 7.71. The second kappa shape index (κ2) is 5.17. The van der Waals surface area contributed by atoms with E-state index in [0.29, 0.717) is 0 Å². The largest absolute Gasteiger partial charge is 0.377 e. The number of rotatable bonds is 5. The zero-order valence-corrected chi connectivity index (χ0v) is 8.53. The van der Waals surface area contributed by atoms with E-state index in [-0.39, 0.29) is 0 Å². The van der Waals surface area contributed by atoms with Crippen LogP contribution in [-0.2, 0) is 0 Å². The third-order valence-electron chi connectivity index (χ3n) is 1.60. The Morgan fingerprint density at radius 3 is 2.92 bits per heavy atom. The van der Waals surface area contributed by atoms with Crippen LogP contribution >= 0.6 is 11.3 Å². The molecule has 0 unspecified atom stereocenters. The first-order valence-corrected chi connectivity index (χ1v) is 5.09. The standard InChI is InChI=1S/C9H16N2S/c1-11(2)7-4-6-10-9-5-3-8-12-9/h3,5,8,10H,4,6-7H2,1-2H3. The lowest BCUT2D eigenvalue weighted by molar-refractivity contribution is 0.405. The summed E-state index contributed by atoms with van der Waals surface area (Å²) < 4.78 is 0. The van der Waals surface area contributed by atoms with Crippen molar-refractivity contribution < 1.29 is 0 Å². The van der Waals surface area contributed by atoms with Crippen LogP contribution in [-0.4, -0.2) is 32.1 Å². The lowest BCUT2D eigenvalue weighted by Crippen LogP contribution is -2.16. The molecule has 68 valence electrons. The Balaban J connectivity index is 2.04. The Kier molecular flexibility index (Phi) is 4.11. The van der Waals surface area contributed by atoms with Crippen molar-refractivity contribution in [1.82, 2.24) is 4.90 Å². The molecule has 0 saturated carbocycles. The fraction of sp³-hybridized carbons (Fsp3) is 0.556. The Morgan fingerprint density at radius 1 is 1.50 bits per heavy atom. The van der Waals surface area contributed by atoms with Crippen LogP contribution in [0.25, 0.3) is 0 Å². The summed E-state index contributed by atoms with van der Waals surface area (Å²) in [5.74, 6) is 0. The van der Waals surface area contributed by atoms with Crippen molar-refractivity contribution in [2.45, 2.75) is 6.42 Å². The number of hydrogen-bond acceptors (Lipinski definition) is 3. The van der Waals surface area contributed by atoms with Gasteiger partial charge in [0.2, 0.25) is 0 Å². The normalized spacial score (nSPS) is 10.6. The highest BCUT2D eigenvalue weighted by atomic mass is 32.1. The second-order valence-electron chi connectivity index (χ2n) is 3.06. The molecule has 0 spiro atoms. The van der Waals surface area contributed by atoms with Gasteiger partial charge in [0.1, 0.15) is 0 Å². The molecule has 1 heterocycles. The fourth-order valence-corrected chi connectivity index (χ4v) is 1.63. The molecular formula is C9H16N2S. The van der Waals surface area contributed by atoms with Crippen LogP contribution in [0.1, 0.15) is 6.42 Å². The molecular weight excluding hydrogens is 168 g/mol. The number of nitrogens with one attached hydrogen (secondary N) is 1. The van der Waals surface area contributed by atoms with Gasteiger partial charge in [-0.3, -0.25) is 0 Å². The summed E-state index contributed by atoms with van der Waals surface area (Å²) in [7, 11) is 4.20. The van der Waals surface area contributed by atoms with Gasteiger partial charge in [0.15, 0.2) is 0 Å². The van der Waals surface area contributed by atoms with Crippen molar-refractivity contribution in [3.05, 3.63) is 17.5 Å². The van der Waals surface area contributed by atoms with Gasteiger partial charge in [-0.15, -0.1) is 11.3 Å². The summed E-state index contributed by atoms with van der Waals surface area (Å²) in [5.41, 5.74) is 0. The van der Waals surface area contributed by atoms with Gasteiger partial charge < -0.3 is 10.2 Å². The Labute approximate surface area is 78.2 Å². The van der Waals surface area contributed by atoms with Crippen LogP contribution in [0.2, 0.25) is 0 Å². The number of thiophene rings is 1. The van der Waals surface area contributed by atoms with E-state index < -0.39 is 0 Å². The van der Waals surface area contributed by atoms with E-state index in [1.807, 2.05) is 0 Å². The summed E-state index contributed by atoms with van der Waals surface area (Å²) in [6.07, 6.45) is 1.20. The Morgan fingerprint density at radius 2 is 2.33 bits per heavy atom. The van der Waals surface area contributed by atoms with Crippen molar-refractivity contribution in [2.24, 2.45) is 0 Å². The van der Waals surface area contributed by atoms with Crippen LogP contribution in [0, 0.1) is 0 Å². The quantitative estimate of drug-likeness (QED) is 0.705. The van der Waals surface area contributed by atoms with E-state index >= 15 is 0 Å². The molecule has 0 aliphatic carbocycles. The van der Waals surface area contributed by atoms with E-state index in [2.05, 4.69) is 41.8 Å². The molecule has 0 atom stereocenters. The average Bonchev–Trinajstić information content (AvgIpc) is 2.49. The Bertz CT molecular complexity index is 194. The molecule has 0 fully saturated rings. The highest BCUT2D eigenvalue weighted by molar-refractivity contribution is 7.14. The molecule has 0 aliphatic rings. The van der Waals surface area contributed by atoms with E-state index in [0.717, 1.165) is 13.1 Å². The van der Waals surface area contributed by atoms with Gasteiger partial charge >= 0.3 is 0 Å². The van der Waals surface area contributed by atoms with Gasteiger partial charge in [0.25, 0.3) is 0 Å². The second-order valence-corrected chi connectivity index (χ2v) is 4.01. The van der Waals surface area contributed by atoms with Crippen LogP contribution in [0.3, 0.4) is 0 Å². The molecule has 1 rings (SSSR count). The van der Waals surface area contributed by atoms with Crippen molar-refractivity contribution in [3.8, 4) is 0 Å². The molecule has 0 bridgehead atoms. The predicted molar refractivity (Wildman–Crippen MR) is 56.0 cm³/mol. The summed E-state index contributed by atoms with van der Waals surface area (Å²) in [4.78, 5) is 2.20. The monoisotopic (exact) mass is 184 g/mol. The fourth-order valence-electron chi connectivity index (χ4n) is 0.986.